The zero-order valence-corrected chi connectivity index (χ0v) is 19.8. The molecule has 0 aliphatic carbocycles. The standard InChI is InChI=1S/C20H33N5O2.HI/c1-5-6-11-21-20(22-16-19(26)23(2)3)25-14-12-24(13-15-25)17-7-9-18(27-4)10-8-17;/h7-10H,5-6,11-16H2,1-4H3,(H,21,22);1H. The number of likely N-dealkylation sites (N-methyl/N-ethyl adjacent to an activating group) is 1. The number of nitrogens with zero attached hydrogens (tertiary/aromatic N) is 4. The molecule has 28 heavy (non-hydrogen) atoms. The van der Waals surface area contributed by atoms with E-state index in [1.165, 1.54) is 5.69 Å². The van der Waals surface area contributed by atoms with Gasteiger partial charge in [0, 0.05) is 52.5 Å². The molecule has 1 aliphatic rings. The minimum atomic E-state index is 0. The highest BCUT2D eigenvalue weighted by Gasteiger charge is 2.20. The van der Waals surface area contributed by atoms with Crippen molar-refractivity contribution in [2.45, 2.75) is 19.8 Å². The van der Waals surface area contributed by atoms with E-state index in [1.54, 1.807) is 26.1 Å². The first kappa shape index (κ1) is 24.3. The first-order valence-electron chi connectivity index (χ1n) is 9.67. The molecule has 1 heterocycles. The van der Waals surface area contributed by atoms with Gasteiger partial charge in [-0.05, 0) is 30.7 Å². The van der Waals surface area contributed by atoms with Gasteiger partial charge in [0.1, 0.15) is 12.3 Å². The number of carbonyl (C=O) groups excluding carboxylic acids is 1. The van der Waals surface area contributed by atoms with Crippen molar-refractivity contribution in [1.82, 2.24) is 15.1 Å². The molecule has 1 amide bonds. The van der Waals surface area contributed by atoms with E-state index in [4.69, 9.17) is 4.74 Å². The number of carbonyl (C=O) groups is 1. The zero-order chi connectivity index (χ0) is 19.6. The van der Waals surface area contributed by atoms with Crippen molar-refractivity contribution in [3.63, 3.8) is 0 Å². The van der Waals surface area contributed by atoms with Crippen molar-refractivity contribution >= 4 is 41.5 Å². The first-order valence-corrected chi connectivity index (χ1v) is 9.67. The van der Waals surface area contributed by atoms with Crippen LogP contribution in [0.1, 0.15) is 19.8 Å². The molecule has 1 aromatic rings. The lowest BCUT2D eigenvalue weighted by molar-refractivity contribution is -0.127. The molecule has 1 aliphatic heterocycles. The number of halogens is 1. The Bertz CT molecular complexity index is 614. The van der Waals surface area contributed by atoms with Crippen LogP contribution in [0.15, 0.2) is 29.3 Å². The average Bonchev–Trinajstić information content (AvgIpc) is 2.70. The molecule has 0 bridgehead atoms. The molecule has 0 aromatic heterocycles. The average molecular weight is 503 g/mol. The van der Waals surface area contributed by atoms with Crippen LogP contribution in [-0.4, -0.2) is 82.1 Å². The largest absolute Gasteiger partial charge is 0.497 e. The topological polar surface area (TPSA) is 60.4 Å². The molecule has 2 rings (SSSR count). The third kappa shape index (κ3) is 7.37. The van der Waals surface area contributed by atoms with E-state index >= 15 is 0 Å². The Morgan fingerprint density at radius 2 is 1.82 bits per heavy atom. The van der Waals surface area contributed by atoms with Gasteiger partial charge in [-0.1, -0.05) is 13.3 Å². The van der Waals surface area contributed by atoms with Crippen LogP contribution in [0.25, 0.3) is 0 Å². The first-order chi connectivity index (χ1) is 13.0. The van der Waals surface area contributed by atoms with Gasteiger partial charge in [-0.25, -0.2) is 4.99 Å². The molecule has 158 valence electrons. The number of anilines is 1. The van der Waals surface area contributed by atoms with Crippen molar-refractivity contribution in [2.75, 3.05) is 65.4 Å². The van der Waals surface area contributed by atoms with Crippen LogP contribution in [0.3, 0.4) is 0 Å². The molecule has 0 unspecified atom stereocenters. The quantitative estimate of drug-likeness (QED) is 0.268. The SMILES string of the molecule is CCCCNC(=NCC(=O)N(C)C)N1CCN(c2ccc(OC)cc2)CC1.I. The lowest BCUT2D eigenvalue weighted by atomic mass is 10.2. The van der Waals surface area contributed by atoms with Crippen molar-refractivity contribution in [3.05, 3.63) is 24.3 Å². The molecule has 0 saturated carbocycles. The normalized spacial score (nSPS) is 14.4. The number of amides is 1. The van der Waals surface area contributed by atoms with Crippen LogP contribution in [0.5, 0.6) is 5.75 Å². The number of ether oxygens (including phenoxy) is 1. The van der Waals surface area contributed by atoms with E-state index in [1.807, 2.05) is 12.1 Å². The van der Waals surface area contributed by atoms with Gasteiger partial charge in [-0.3, -0.25) is 4.79 Å². The Hall–Kier alpha value is -1.71. The van der Waals surface area contributed by atoms with E-state index in [2.05, 4.69) is 39.2 Å². The summed E-state index contributed by atoms with van der Waals surface area (Å²) in [5.74, 6) is 1.73. The summed E-state index contributed by atoms with van der Waals surface area (Å²) in [7, 11) is 5.20. The Labute approximate surface area is 186 Å². The Balaban J connectivity index is 0.00000392. The minimum absolute atomic E-state index is 0. The Kier molecular flexibility index (Phi) is 11.0. The number of piperazine rings is 1. The fourth-order valence-corrected chi connectivity index (χ4v) is 2.90. The Morgan fingerprint density at radius 1 is 1.18 bits per heavy atom. The highest BCUT2D eigenvalue weighted by Crippen LogP contribution is 2.20. The van der Waals surface area contributed by atoms with Crippen LogP contribution < -0.4 is 15.0 Å². The summed E-state index contributed by atoms with van der Waals surface area (Å²) in [6, 6.07) is 8.18. The summed E-state index contributed by atoms with van der Waals surface area (Å²) >= 11 is 0. The molecule has 7 nitrogen and oxygen atoms in total. The van der Waals surface area contributed by atoms with Gasteiger partial charge in [-0.15, -0.1) is 24.0 Å². The maximum atomic E-state index is 11.9. The van der Waals surface area contributed by atoms with Gasteiger partial charge in [0.15, 0.2) is 5.96 Å². The lowest BCUT2D eigenvalue weighted by Gasteiger charge is -2.37. The molecule has 1 N–H and O–H groups in total. The summed E-state index contributed by atoms with van der Waals surface area (Å²) in [6.07, 6.45) is 2.22. The van der Waals surface area contributed by atoms with Crippen molar-refractivity contribution in [1.29, 1.82) is 0 Å². The molecule has 1 fully saturated rings. The number of nitrogens with one attached hydrogen (secondary N) is 1. The molecule has 8 heteroatoms. The highest BCUT2D eigenvalue weighted by atomic mass is 127. The maximum absolute atomic E-state index is 11.9. The van der Waals surface area contributed by atoms with E-state index in [0.29, 0.717) is 0 Å². The molecule has 0 radical (unpaired) electrons. The van der Waals surface area contributed by atoms with E-state index in [-0.39, 0.29) is 36.4 Å². The maximum Gasteiger partial charge on any atom is 0.243 e. The monoisotopic (exact) mass is 503 g/mol. The fraction of sp³-hybridized carbons (Fsp3) is 0.600. The molecule has 0 spiro atoms. The predicted octanol–water partition coefficient (Wildman–Crippen LogP) is 2.27. The van der Waals surface area contributed by atoms with Gasteiger partial charge in [0.2, 0.25) is 5.91 Å². The molecular weight excluding hydrogens is 469 g/mol. The van der Waals surface area contributed by atoms with E-state index in [9.17, 15) is 4.79 Å². The van der Waals surface area contributed by atoms with Crippen LogP contribution >= 0.6 is 24.0 Å². The number of hydrogen-bond acceptors (Lipinski definition) is 4. The fourth-order valence-electron chi connectivity index (χ4n) is 2.90. The number of aliphatic imine (C=N–C) groups is 1. The number of rotatable bonds is 7. The van der Waals surface area contributed by atoms with E-state index in [0.717, 1.165) is 57.3 Å². The third-order valence-electron chi connectivity index (χ3n) is 4.69. The summed E-state index contributed by atoms with van der Waals surface area (Å²) in [5, 5.41) is 3.42. The number of unbranched alkanes of at least 4 members (excludes halogenated alkanes) is 1. The van der Waals surface area contributed by atoms with Crippen LogP contribution in [0, 0.1) is 0 Å². The number of guanidine groups is 1. The smallest absolute Gasteiger partial charge is 0.243 e. The zero-order valence-electron chi connectivity index (χ0n) is 17.5. The molecule has 1 saturated heterocycles. The minimum Gasteiger partial charge on any atom is -0.497 e. The highest BCUT2D eigenvalue weighted by molar-refractivity contribution is 14.0. The molecule has 1 aromatic carbocycles. The summed E-state index contributed by atoms with van der Waals surface area (Å²) < 4.78 is 5.23. The van der Waals surface area contributed by atoms with Gasteiger partial charge in [0.25, 0.3) is 0 Å². The van der Waals surface area contributed by atoms with Crippen molar-refractivity contribution < 1.29 is 9.53 Å². The number of benzene rings is 1. The second-order valence-electron chi connectivity index (χ2n) is 6.88. The van der Waals surface area contributed by atoms with Crippen LogP contribution in [-0.2, 0) is 4.79 Å². The predicted molar refractivity (Wildman–Crippen MR) is 126 cm³/mol. The van der Waals surface area contributed by atoms with Crippen molar-refractivity contribution in [2.24, 2.45) is 4.99 Å². The van der Waals surface area contributed by atoms with Gasteiger partial charge >= 0.3 is 0 Å². The third-order valence-corrected chi connectivity index (χ3v) is 4.69. The summed E-state index contributed by atoms with van der Waals surface area (Å²) in [4.78, 5) is 22.7. The number of hydrogen-bond donors (Lipinski definition) is 1. The number of methoxy groups -OCH3 is 1. The molecular formula is C20H34IN5O2. The second-order valence-corrected chi connectivity index (χ2v) is 6.88. The van der Waals surface area contributed by atoms with Gasteiger partial charge < -0.3 is 24.8 Å². The lowest BCUT2D eigenvalue weighted by Crippen LogP contribution is -2.53. The Morgan fingerprint density at radius 3 is 2.36 bits per heavy atom. The molecule has 0 atom stereocenters. The van der Waals surface area contributed by atoms with Crippen LogP contribution in [0.2, 0.25) is 0 Å². The second kappa shape index (κ2) is 12.7. The van der Waals surface area contributed by atoms with Crippen molar-refractivity contribution in [3.8, 4) is 5.75 Å². The van der Waals surface area contributed by atoms with Gasteiger partial charge in [-0.2, -0.15) is 0 Å². The summed E-state index contributed by atoms with van der Waals surface area (Å²) in [6.45, 7) is 6.82. The van der Waals surface area contributed by atoms with Gasteiger partial charge in [0.05, 0.1) is 7.11 Å². The van der Waals surface area contributed by atoms with E-state index < -0.39 is 0 Å². The summed E-state index contributed by atoms with van der Waals surface area (Å²) in [5.41, 5.74) is 1.20. The van der Waals surface area contributed by atoms with Crippen LogP contribution in [0.4, 0.5) is 5.69 Å².